The molecular weight excluding hydrogens is 422 g/mol. The van der Waals surface area contributed by atoms with Crippen LogP contribution in [0, 0.1) is 17.8 Å². The first-order chi connectivity index (χ1) is 15.8. The number of hydrogen-bond acceptors (Lipinski definition) is 4. The van der Waals surface area contributed by atoms with E-state index in [0.717, 1.165) is 34.5 Å². The Kier molecular flexibility index (Phi) is 13.1. The molecular formula is C29H51N3O2. The quantitative estimate of drug-likeness (QED) is 0.340. The van der Waals surface area contributed by atoms with Crippen molar-refractivity contribution in [1.29, 1.82) is 0 Å². The van der Waals surface area contributed by atoms with Gasteiger partial charge < -0.3 is 10.2 Å². The summed E-state index contributed by atoms with van der Waals surface area (Å²) in [4.78, 5) is 13.7. The lowest BCUT2D eigenvalue weighted by atomic mass is 9.72. The number of aliphatic hydroxyl groups is 2. The van der Waals surface area contributed by atoms with Crippen molar-refractivity contribution >= 4 is 12.1 Å². The van der Waals surface area contributed by atoms with Gasteiger partial charge in [-0.05, 0) is 36.7 Å². The normalized spacial score (nSPS) is 18.4. The molecule has 5 nitrogen and oxygen atoms in total. The molecule has 1 aliphatic rings. The molecule has 1 heterocycles. The lowest BCUT2D eigenvalue weighted by Gasteiger charge is -2.36. The molecule has 194 valence electrons. The van der Waals surface area contributed by atoms with Crippen LogP contribution in [0.2, 0.25) is 0 Å². The molecule has 0 bridgehead atoms. The van der Waals surface area contributed by atoms with Crippen LogP contribution in [0.4, 0.5) is 0 Å². The molecule has 0 fully saturated rings. The molecule has 2 atom stereocenters. The van der Waals surface area contributed by atoms with Crippen molar-refractivity contribution in [3.8, 4) is 0 Å². The molecule has 5 heteroatoms. The zero-order valence-electron chi connectivity index (χ0n) is 24.0. The Morgan fingerprint density at radius 2 is 1.76 bits per heavy atom. The van der Waals surface area contributed by atoms with Crippen molar-refractivity contribution in [2.75, 3.05) is 0 Å². The molecule has 0 spiro atoms. The maximum atomic E-state index is 11.1. The van der Waals surface area contributed by atoms with Crippen molar-refractivity contribution in [1.82, 2.24) is 4.98 Å². The fourth-order valence-corrected chi connectivity index (χ4v) is 4.27. The number of fused-ring (bicyclic) bond motifs is 1. The summed E-state index contributed by atoms with van der Waals surface area (Å²) >= 11 is 0. The molecule has 0 aromatic carbocycles. The van der Waals surface area contributed by atoms with Gasteiger partial charge in [-0.25, -0.2) is 9.98 Å². The van der Waals surface area contributed by atoms with Crippen molar-refractivity contribution in [3.63, 3.8) is 0 Å². The van der Waals surface area contributed by atoms with E-state index in [0.29, 0.717) is 18.7 Å². The molecule has 0 saturated carbocycles. The molecule has 2 N–H and O–H groups in total. The van der Waals surface area contributed by atoms with Crippen LogP contribution in [0.15, 0.2) is 22.8 Å². The van der Waals surface area contributed by atoms with Crippen LogP contribution in [-0.2, 0) is 6.42 Å². The van der Waals surface area contributed by atoms with Gasteiger partial charge in [0.1, 0.15) is 5.84 Å². The maximum absolute atomic E-state index is 11.1. The maximum Gasteiger partial charge on any atom is 0.133 e. The van der Waals surface area contributed by atoms with Crippen molar-refractivity contribution in [2.45, 2.75) is 120 Å². The summed E-state index contributed by atoms with van der Waals surface area (Å²) in [6.45, 7) is 28.3. The molecule has 0 aliphatic heterocycles. The first kappa shape index (κ1) is 32.1. The van der Waals surface area contributed by atoms with Gasteiger partial charge in [0.2, 0.25) is 0 Å². The lowest BCUT2D eigenvalue weighted by Crippen LogP contribution is -2.29. The van der Waals surface area contributed by atoms with Crippen LogP contribution in [0.5, 0.6) is 0 Å². The summed E-state index contributed by atoms with van der Waals surface area (Å²) in [7, 11) is 0. The largest absolute Gasteiger partial charge is 0.388 e. The summed E-state index contributed by atoms with van der Waals surface area (Å²) in [6, 6.07) is 0. The highest BCUT2D eigenvalue weighted by atomic mass is 16.3. The number of aliphatic imine (C=N–C) groups is 2. The van der Waals surface area contributed by atoms with Gasteiger partial charge in [-0.15, -0.1) is 0 Å². The van der Waals surface area contributed by atoms with E-state index in [4.69, 9.17) is 4.98 Å². The summed E-state index contributed by atoms with van der Waals surface area (Å²) in [6.07, 6.45) is 3.82. The number of aromatic nitrogens is 1. The average molecular weight is 474 g/mol. The van der Waals surface area contributed by atoms with Gasteiger partial charge in [-0.1, -0.05) is 82.7 Å². The van der Waals surface area contributed by atoms with E-state index in [1.165, 1.54) is 6.20 Å². The third-order valence-corrected chi connectivity index (χ3v) is 5.68. The fraction of sp³-hybridized carbons (Fsp3) is 0.690. The molecule has 2 rings (SSSR count). The molecule has 1 aromatic rings. The molecule has 0 saturated heterocycles. The first-order valence-electron chi connectivity index (χ1n) is 12.9. The van der Waals surface area contributed by atoms with Gasteiger partial charge in [0.05, 0.1) is 12.2 Å². The summed E-state index contributed by atoms with van der Waals surface area (Å²) in [5.74, 6) is 0.844. The highest BCUT2D eigenvalue weighted by molar-refractivity contribution is 5.93. The third kappa shape index (κ3) is 8.42. The second-order valence-electron chi connectivity index (χ2n) is 10.6. The molecule has 0 amide bonds. The van der Waals surface area contributed by atoms with E-state index >= 15 is 0 Å². The molecule has 0 radical (unpaired) electrons. The van der Waals surface area contributed by atoms with Gasteiger partial charge in [-0.2, -0.15) is 0 Å². The standard InChI is InChI=1S/C25H39N3O2.2C2H6/c1-10-26-23(24(5,6)7)27-12-11-18(29)21-16(4)20-17(28-22(21)15(2)3)13-25(8,9)14-19(20)30;2*1-2/h10,12,15,18-19,29-30H,1,11,13-14H2,2-9H3;2*1-2H3. The molecule has 1 aliphatic carbocycles. The number of rotatable bonds is 5. The summed E-state index contributed by atoms with van der Waals surface area (Å²) < 4.78 is 0. The second kappa shape index (κ2) is 13.9. The zero-order valence-corrected chi connectivity index (χ0v) is 24.0. The van der Waals surface area contributed by atoms with Gasteiger partial charge in [-0.3, -0.25) is 4.98 Å². The molecule has 1 aromatic heterocycles. The summed E-state index contributed by atoms with van der Waals surface area (Å²) in [5.41, 5.74) is 4.37. The Bertz CT molecular complexity index is 846. The average Bonchev–Trinajstić information content (AvgIpc) is 2.73. The minimum absolute atomic E-state index is 0.0146. The van der Waals surface area contributed by atoms with Gasteiger partial charge in [0, 0.05) is 46.8 Å². The Morgan fingerprint density at radius 3 is 2.24 bits per heavy atom. The fourth-order valence-electron chi connectivity index (χ4n) is 4.27. The predicted molar refractivity (Wildman–Crippen MR) is 148 cm³/mol. The first-order valence-corrected chi connectivity index (χ1v) is 12.9. The monoisotopic (exact) mass is 473 g/mol. The number of amidine groups is 1. The number of nitrogens with zero attached hydrogens (tertiary/aromatic N) is 3. The zero-order chi connectivity index (χ0) is 26.9. The van der Waals surface area contributed by atoms with Crippen LogP contribution >= 0.6 is 0 Å². The topological polar surface area (TPSA) is 78.1 Å². The number of pyridine rings is 1. The minimum atomic E-state index is -0.740. The Morgan fingerprint density at radius 1 is 1.21 bits per heavy atom. The minimum Gasteiger partial charge on any atom is -0.388 e. The van der Waals surface area contributed by atoms with Gasteiger partial charge in [0.15, 0.2) is 0 Å². The smallest absolute Gasteiger partial charge is 0.133 e. The van der Waals surface area contributed by atoms with E-state index in [2.05, 4.69) is 44.3 Å². The van der Waals surface area contributed by atoms with Crippen LogP contribution in [0.1, 0.15) is 135 Å². The highest BCUT2D eigenvalue weighted by Gasteiger charge is 2.35. The number of aliphatic hydroxyl groups excluding tert-OH is 2. The van der Waals surface area contributed by atoms with E-state index in [-0.39, 0.29) is 16.7 Å². The highest BCUT2D eigenvalue weighted by Crippen LogP contribution is 2.44. The Hall–Kier alpha value is -1.85. The van der Waals surface area contributed by atoms with Crippen LogP contribution in [-0.4, -0.2) is 27.2 Å². The Balaban J connectivity index is 0.00000258. The van der Waals surface area contributed by atoms with Crippen molar-refractivity contribution in [3.05, 3.63) is 40.9 Å². The van der Waals surface area contributed by atoms with E-state index in [9.17, 15) is 10.2 Å². The number of hydrogen-bond donors (Lipinski definition) is 2. The van der Waals surface area contributed by atoms with Crippen molar-refractivity contribution < 1.29 is 10.2 Å². The molecule has 2 unspecified atom stereocenters. The summed E-state index contributed by atoms with van der Waals surface area (Å²) in [5, 5.41) is 21.9. The van der Waals surface area contributed by atoms with E-state index < -0.39 is 12.2 Å². The van der Waals surface area contributed by atoms with Gasteiger partial charge in [0.25, 0.3) is 0 Å². The second-order valence-corrected chi connectivity index (χ2v) is 10.6. The molecule has 34 heavy (non-hydrogen) atoms. The SMILES string of the molecule is C=CN=C(N=CCC(O)c1c(C(C)C)nc2c(c1C)C(O)CC(C)(C)C2)C(C)(C)C.CC.CC. The van der Waals surface area contributed by atoms with Crippen molar-refractivity contribution in [2.24, 2.45) is 20.8 Å². The van der Waals surface area contributed by atoms with Gasteiger partial charge >= 0.3 is 0 Å². The van der Waals surface area contributed by atoms with Crippen LogP contribution < -0.4 is 0 Å². The predicted octanol–water partition coefficient (Wildman–Crippen LogP) is 7.65. The lowest BCUT2D eigenvalue weighted by molar-refractivity contribution is 0.0966. The van der Waals surface area contributed by atoms with E-state index in [1.807, 2.05) is 55.4 Å². The van der Waals surface area contributed by atoms with E-state index in [1.54, 1.807) is 6.21 Å². The third-order valence-electron chi connectivity index (χ3n) is 5.68. The Labute approximate surface area is 209 Å². The van der Waals surface area contributed by atoms with Crippen LogP contribution in [0.25, 0.3) is 0 Å². The van der Waals surface area contributed by atoms with Crippen LogP contribution in [0.3, 0.4) is 0 Å².